The molecule has 0 bridgehead atoms. The lowest BCUT2D eigenvalue weighted by atomic mass is 10.0. The third-order valence-electron chi connectivity index (χ3n) is 5.00. The predicted octanol–water partition coefficient (Wildman–Crippen LogP) is 2.79. The molecule has 0 radical (unpaired) electrons. The number of aryl methyl sites for hydroxylation is 2. The molecule has 0 unspecified atom stereocenters. The van der Waals surface area contributed by atoms with E-state index in [1.54, 1.807) is 11.0 Å². The van der Waals surface area contributed by atoms with Gasteiger partial charge in [0.05, 0.1) is 13.2 Å². The van der Waals surface area contributed by atoms with Gasteiger partial charge in [0, 0.05) is 29.7 Å². The molecule has 0 spiro atoms. The number of ether oxygens (including phenoxy) is 1. The molecular weight excluding hydrogens is 340 g/mol. The number of fused-ring (bicyclic) bond motifs is 1. The van der Waals surface area contributed by atoms with E-state index >= 15 is 0 Å². The van der Waals surface area contributed by atoms with Crippen LogP contribution in [0.15, 0.2) is 59.4 Å². The number of H-pyrrole nitrogens is 1. The van der Waals surface area contributed by atoms with Crippen molar-refractivity contribution >= 4 is 16.8 Å². The fourth-order valence-electron chi connectivity index (χ4n) is 3.54. The van der Waals surface area contributed by atoms with Crippen LogP contribution >= 0.6 is 0 Å². The SMILES string of the molecule is O=C(c1c(CCc2ccccc2)[nH]c2ccccc2c1=O)N1CCOCC1. The van der Waals surface area contributed by atoms with Crippen LogP contribution < -0.4 is 5.43 Å². The van der Waals surface area contributed by atoms with Crippen LogP contribution in [0.5, 0.6) is 0 Å². The lowest BCUT2D eigenvalue weighted by molar-refractivity contribution is 0.0301. The van der Waals surface area contributed by atoms with Gasteiger partial charge in [-0.1, -0.05) is 42.5 Å². The van der Waals surface area contributed by atoms with E-state index in [-0.39, 0.29) is 16.9 Å². The number of morpholine rings is 1. The zero-order chi connectivity index (χ0) is 18.6. The standard InChI is InChI=1S/C22H22N2O3/c25-21-17-8-4-5-9-18(17)23-19(11-10-16-6-2-1-3-7-16)20(21)22(26)24-12-14-27-15-13-24/h1-9H,10-15H2,(H,23,25). The molecule has 2 heterocycles. The Hall–Kier alpha value is -2.92. The monoisotopic (exact) mass is 362 g/mol. The largest absolute Gasteiger partial charge is 0.378 e. The van der Waals surface area contributed by atoms with Crippen LogP contribution in [0.25, 0.3) is 10.9 Å². The van der Waals surface area contributed by atoms with E-state index in [1.807, 2.05) is 36.4 Å². The molecule has 4 rings (SSSR count). The second kappa shape index (κ2) is 7.76. The van der Waals surface area contributed by atoms with E-state index in [1.165, 1.54) is 5.56 Å². The molecule has 2 aromatic carbocycles. The molecule has 1 aromatic heterocycles. The number of hydrogen-bond acceptors (Lipinski definition) is 3. The van der Waals surface area contributed by atoms with Gasteiger partial charge >= 0.3 is 0 Å². The number of benzene rings is 2. The first-order valence-electron chi connectivity index (χ1n) is 9.29. The number of pyridine rings is 1. The predicted molar refractivity (Wildman–Crippen MR) is 105 cm³/mol. The van der Waals surface area contributed by atoms with Crippen molar-refractivity contribution in [3.8, 4) is 0 Å². The molecular formula is C22H22N2O3. The molecule has 138 valence electrons. The van der Waals surface area contributed by atoms with E-state index in [0.29, 0.717) is 43.8 Å². The summed E-state index contributed by atoms with van der Waals surface area (Å²) < 4.78 is 5.34. The fraction of sp³-hybridized carbons (Fsp3) is 0.273. The van der Waals surface area contributed by atoms with Gasteiger partial charge in [0.2, 0.25) is 5.43 Å². The average molecular weight is 362 g/mol. The van der Waals surface area contributed by atoms with E-state index in [2.05, 4.69) is 17.1 Å². The van der Waals surface area contributed by atoms with Gasteiger partial charge in [-0.3, -0.25) is 9.59 Å². The first kappa shape index (κ1) is 17.5. The van der Waals surface area contributed by atoms with Crippen LogP contribution in [0, 0.1) is 0 Å². The molecule has 1 saturated heterocycles. The molecule has 5 nitrogen and oxygen atoms in total. The Morgan fingerprint density at radius 3 is 2.44 bits per heavy atom. The van der Waals surface area contributed by atoms with E-state index in [4.69, 9.17) is 4.74 Å². The summed E-state index contributed by atoms with van der Waals surface area (Å²) in [5.41, 5.74) is 2.73. The quantitative estimate of drug-likeness (QED) is 0.776. The third-order valence-corrected chi connectivity index (χ3v) is 5.00. The lowest BCUT2D eigenvalue weighted by Gasteiger charge is -2.27. The van der Waals surface area contributed by atoms with Crippen molar-refractivity contribution < 1.29 is 9.53 Å². The van der Waals surface area contributed by atoms with Crippen molar-refractivity contribution in [2.75, 3.05) is 26.3 Å². The molecule has 27 heavy (non-hydrogen) atoms. The molecule has 1 aliphatic heterocycles. The second-order valence-electron chi connectivity index (χ2n) is 6.74. The van der Waals surface area contributed by atoms with E-state index < -0.39 is 0 Å². The van der Waals surface area contributed by atoms with Crippen LogP contribution in [0.3, 0.4) is 0 Å². The summed E-state index contributed by atoms with van der Waals surface area (Å²) in [7, 11) is 0. The maximum absolute atomic E-state index is 13.1. The summed E-state index contributed by atoms with van der Waals surface area (Å²) in [6.45, 7) is 2.06. The van der Waals surface area contributed by atoms with Crippen molar-refractivity contribution in [1.82, 2.24) is 9.88 Å². The van der Waals surface area contributed by atoms with Gasteiger partial charge in [0.15, 0.2) is 0 Å². The molecule has 1 amide bonds. The van der Waals surface area contributed by atoms with Crippen LogP contribution in [0.4, 0.5) is 0 Å². The van der Waals surface area contributed by atoms with E-state index in [0.717, 1.165) is 11.9 Å². The topological polar surface area (TPSA) is 62.4 Å². The maximum atomic E-state index is 13.1. The molecule has 1 fully saturated rings. The number of hydrogen-bond donors (Lipinski definition) is 1. The number of aromatic nitrogens is 1. The molecule has 0 saturated carbocycles. The summed E-state index contributed by atoms with van der Waals surface area (Å²) in [6.07, 6.45) is 1.37. The number of aromatic amines is 1. The number of carbonyl (C=O) groups excluding carboxylic acids is 1. The highest BCUT2D eigenvalue weighted by Crippen LogP contribution is 2.16. The maximum Gasteiger partial charge on any atom is 0.259 e. The highest BCUT2D eigenvalue weighted by atomic mass is 16.5. The Morgan fingerprint density at radius 2 is 1.67 bits per heavy atom. The van der Waals surface area contributed by atoms with Gasteiger partial charge < -0.3 is 14.6 Å². The Kier molecular flexibility index (Phi) is 5.03. The van der Waals surface area contributed by atoms with Gasteiger partial charge in [0.25, 0.3) is 5.91 Å². The minimum atomic E-state index is -0.201. The normalized spacial score (nSPS) is 14.4. The molecule has 1 aliphatic rings. The number of carbonyl (C=O) groups is 1. The number of amides is 1. The zero-order valence-electron chi connectivity index (χ0n) is 15.1. The Morgan fingerprint density at radius 1 is 0.963 bits per heavy atom. The molecule has 0 atom stereocenters. The molecule has 0 aliphatic carbocycles. The first-order chi connectivity index (χ1) is 13.2. The van der Waals surface area contributed by atoms with Crippen molar-refractivity contribution in [1.29, 1.82) is 0 Å². The summed E-state index contributed by atoms with van der Waals surface area (Å²) >= 11 is 0. The van der Waals surface area contributed by atoms with Gasteiger partial charge in [-0.2, -0.15) is 0 Å². The zero-order valence-corrected chi connectivity index (χ0v) is 15.1. The van der Waals surface area contributed by atoms with Gasteiger partial charge in [-0.25, -0.2) is 0 Å². The van der Waals surface area contributed by atoms with Gasteiger partial charge in [-0.05, 0) is 30.5 Å². The van der Waals surface area contributed by atoms with Gasteiger partial charge in [-0.15, -0.1) is 0 Å². The van der Waals surface area contributed by atoms with Crippen molar-refractivity contribution in [2.45, 2.75) is 12.8 Å². The fourth-order valence-corrected chi connectivity index (χ4v) is 3.54. The smallest absolute Gasteiger partial charge is 0.259 e. The second-order valence-corrected chi connectivity index (χ2v) is 6.74. The van der Waals surface area contributed by atoms with E-state index in [9.17, 15) is 9.59 Å². The third kappa shape index (κ3) is 3.64. The highest BCUT2D eigenvalue weighted by molar-refractivity contribution is 5.98. The molecule has 1 N–H and O–H groups in total. The average Bonchev–Trinajstić information content (AvgIpc) is 2.73. The summed E-state index contributed by atoms with van der Waals surface area (Å²) in [4.78, 5) is 31.4. The summed E-state index contributed by atoms with van der Waals surface area (Å²) in [5.74, 6) is -0.201. The van der Waals surface area contributed by atoms with Crippen molar-refractivity contribution in [2.24, 2.45) is 0 Å². The van der Waals surface area contributed by atoms with Crippen LogP contribution in [-0.2, 0) is 17.6 Å². The lowest BCUT2D eigenvalue weighted by Crippen LogP contribution is -2.43. The van der Waals surface area contributed by atoms with Crippen molar-refractivity contribution in [3.05, 3.63) is 81.6 Å². The Bertz CT molecular complexity index is 1000. The molecule has 5 heteroatoms. The van der Waals surface area contributed by atoms with Crippen molar-refractivity contribution in [3.63, 3.8) is 0 Å². The summed E-state index contributed by atoms with van der Waals surface area (Å²) in [5, 5.41) is 0.553. The van der Waals surface area contributed by atoms with Crippen LogP contribution in [-0.4, -0.2) is 42.1 Å². The number of rotatable bonds is 4. The molecule has 3 aromatic rings. The number of nitrogens with one attached hydrogen (secondary N) is 1. The number of nitrogens with zero attached hydrogens (tertiary/aromatic N) is 1. The van der Waals surface area contributed by atoms with Crippen LogP contribution in [0.2, 0.25) is 0 Å². The first-order valence-corrected chi connectivity index (χ1v) is 9.29. The highest BCUT2D eigenvalue weighted by Gasteiger charge is 2.25. The number of para-hydroxylation sites is 1. The Balaban J connectivity index is 1.75. The Labute approximate surface area is 157 Å². The van der Waals surface area contributed by atoms with Crippen LogP contribution in [0.1, 0.15) is 21.6 Å². The minimum Gasteiger partial charge on any atom is -0.378 e. The summed E-state index contributed by atoms with van der Waals surface area (Å²) in [6, 6.07) is 17.5. The minimum absolute atomic E-state index is 0.191. The van der Waals surface area contributed by atoms with Gasteiger partial charge in [0.1, 0.15) is 5.56 Å².